The molecule has 0 aromatic heterocycles. The highest BCUT2D eigenvalue weighted by Gasteiger charge is 2.34. The molecule has 0 saturated carbocycles. The van der Waals surface area contributed by atoms with E-state index < -0.39 is 87.3 Å². The lowest BCUT2D eigenvalue weighted by Crippen LogP contribution is -2.18. The van der Waals surface area contributed by atoms with Crippen molar-refractivity contribution in [2.24, 2.45) is 0 Å². The molecule has 0 bridgehead atoms. The third kappa shape index (κ3) is 5.45. The quantitative estimate of drug-likeness (QED) is 0.229. The van der Waals surface area contributed by atoms with Crippen molar-refractivity contribution in [2.45, 2.75) is 19.3 Å². The van der Waals surface area contributed by atoms with Crippen LogP contribution in [0.25, 0.3) is 9.69 Å². The molecule has 1 unspecified atom stereocenters. The SMILES string of the molecule is [C-]#[N+]c1c(F)c(F)c(C(C#N)C(=O)OCC)c(F)c1F.[C-]#[N+]c1c(F)c(F)c(CC#N)c(F)c1F. The zero-order chi connectivity index (χ0) is 27.0. The van der Waals surface area contributed by atoms with Gasteiger partial charge in [-0.25, -0.2) is 44.8 Å². The molecule has 6 nitrogen and oxygen atoms in total. The Morgan fingerprint density at radius 1 is 0.829 bits per heavy atom. The summed E-state index contributed by atoms with van der Waals surface area (Å²) < 4.78 is 110. The molecular weight excluding hydrogens is 492 g/mol. The van der Waals surface area contributed by atoms with Crippen molar-refractivity contribution in [1.82, 2.24) is 0 Å². The molecule has 0 fully saturated rings. The van der Waals surface area contributed by atoms with Crippen LogP contribution in [0, 0.1) is 82.3 Å². The number of hydrogen-bond acceptors (Lipinski definition) is 4. The van der Waals surface area contributed by atoms with Crippen LogP contribution in [0.3, 0.4) is 0 Å². The van der Waals surface area contributed by atoms with E-state index in [2.05, 4.69) is 14.4 Å². The van der Waals surface area contributed by atoms with Crippen LogP contribution in [0.5, 0.6) is 0 Å². The number of esters is 1. The molecule has 14 heteroatoms. The van der Waals surface area contributed by atoms with Gasteiger partial charge in [0, 0.05) is 5.56 Å². The standard InChI is InChI=1S/C12H6F4N2O2.C9H2F4N2/c1-3-20-12(19)5(4-17)6-7(13)9(15)11(18-2)10(16)8(6)14;1-15-9-7(12)5(10)4(2-3-14)6(11)8(9)13/h5H,3H2,1H3;2H2. The molecule has 0 heterocycles. The third-order valence-corrected chi connectivity index (χ3v) is 4.02. The second-order valence-electron chi connectivity index (χ2n) is 5.97. The van der Waals surface area contributed by atoms with Gasteiger partial charge >= 0.3 is 5.97 Å². The van der Waals surface area contributed by atoms with Crippen molar-refractivity contribution in [2.75, 3.05) is 6.61 Å². The highest BCUT2D eigenvalue weighted by atomic mass is 19.2. The van der Waals surface area contributed by atoms with Gasteiger partial charge in [-0.2, -0.15) is 10.5 Å². The van der Waals surface area contributed by atoms with Crippen molar-refractivity contribution in [3.05, 3.63) is 80.5 Å². The lowest BCUT2D eigenvalue weighted by molar-refractivity contribution is -0.143. The first-order chi connectivity index (χ1) is 16.4. The summed E-state index contributed by atoms with van der Waals surface area (Å²) in [5, 5.41) is 16.9. The topological polar surface area (TPSA) is 82.6 Å². The lowest BCUT2D eigenvalue weighted by Gasteiger charge is -2.12. The zero-order valence-corrected chi connectivity index (χ0v) is 17.1. The average Bonchev–Trinajstić information content (AvgIpc) is 2.83. The van der Waals surface area contributed by atoms with Gasteiger partial charge in [-0.1, -0.05) is 0 Å². The van der Waals surface area contributed by atoms with Crippen LogP contribution in [0.2, 0.25) is 0 Å². The number of carbonyl (C=O) groups excluding carboxylic acids is 1. The zero-order valence-electron chi connectivity index (χ0n) is 17.1. The monoisotopic (exact) mass is 500 g/mol. The summed E-state index contributed by atoms with van der Waals surface area (Å²) in [4.78, 5) is 16.0. The number of rotatable bonds is 4. The smallest absolute Gasteiger partial charge is 0.328 e. The maximum Gasteiger partial charge on any atom is 0.328 e. The molecular formula is C21H8F8N4O2. The first kappa shape index (κ1) is 28.3. The second-order valence-corrected chi connectivity index (χ2v) is 5.97. The Labute approximate surface area is 191 Å². The fourth-order valence-corrected chi connectivity index (χ4v) is 2.45. The van der Waals surface area contributed by atoms with Crippen LogP contribution >= 0.6 is 0 Å². The van der Waals surface area contributed by atoms with Crippen LogP contribution in [0.15, 0.2) is 0 Å². The van der Waals surface area contributed by atoms with Gasteiger partial charge in [0.15, 0.2) is 52.5 Å². The van der Waals surface area contributed by atoms with Crippen molar-refractivity contribution >= 4 is 17.3 Å². The van der Waals surface area contributed by atoms with E-state index in [0.717, 1.165) is 0 Å². The molecule has 2 aromatic carbocycles. The van der Waals surface area contributed by atoms with Crippen LogP contribution < -0.4 is 0 Å². The minimum Gasteiger partial charge on any atom is -0.465 e. The molecule has 0 aliphatic rings. The van der Waals surface area contributed by atoms with E-state index in [0.29, 0.717) is 0 Å². The molecule has 0 saturated heterocycles. The van der Waals surface area contributed by atoms with Gasteiger partial charge in [0.05, 0.1) is 43.9 Å². The molecule has 2 rings (SSSR count). The number of carbonyl (C=O) groups is 1. The summed E-state index contributed by atoms with van der Waals surface area (Å²) in [7, 11) is 0. The Hall–Kier alpha value is -4.69. The van der Waals surface area contributed by atoms with Crippen LogP contribution in [0.1, 0.15) is 24.0 Å². The molecule has 0 amide bonds. The van der Waals surface area contributed by atoms with Crippen molar-refractivity contribution < 1.29 is 44.7 Å². The van der Waals surface area contributed by atoms with Crippen LogP contribution in [0.4, 0.5) is 46.5 Å². The fraction of sp³-hybridized carbons (Fsp3) is 0.190. The van der Waals surface area contributed by atoms with E-state index in [-0.39, 0.29) is 6.61 Å². The Bertz CT molecular complexity index is 1290. The number of nitrogens with zero attached hydrogens (tertiary/aromatic N) is 4. The van der Waals surface area contributed by atoms with Gasteiger partial charge in [-0.05, 0) is 6.92 Å². The number of hydrogen-bond donors (Lipinski definition) is 0. The van der Waals surface area contributed by atoms with E-state index >= 15 is 0 Å². The predicted octanol–water partition coefficient (Wildman–Crippen LogP) is 5.82. The van der Waals surface area contributed by atoms with E-state index in [1.807, 2.05) is 0 Å². The lowest BCUT2D eigenvalue weighted by atomic mass is 9.98. The number of ether oxygens (including phenoxy) is 1. The van der Waals surface area contributed by atoms with E-state index in [1.165, 1.54) is 19.1 Å². The highest BCUT2D eigenvalue weighted by molar-refractivity contribution is 5.81. The van der Waals surface area contributed by atoms with Gasteiger partial charge in [0.2, 0.25) is 0 Å². The van der Waals surface area contributed by atoms with Crippen LogP contribution in [-0.2, 0) is 16.0 Å². The number of nitriles is 2. The Kier molecular flexibility index (Phi) is 9.69. The summed E-state index contributed by atoms with van der Waals surface area (Å²) >= 11 is 0. The predicted molar refractivity (Wildman–Crippen MR) is 99.4 cm³/mol. The average molecular weight is 500 g/mol. The highest BCUT2D eigenvalue weighted by Crippen LogP contribution is 2.34. The number of halogens is 8. The fourth-order valence-electron chi connectivity index (χ4n) is 2.45. The van der Waals surface area contributed by atoms with Gasteiger partial charge in [-0.3, -0.25) is 4.79 Å². The van der Waals surface area contributed by atoms with Crippen molar-refractivity contribution in [3.8, 4) is 12.1 Å². The van der Waals surface area contributed by atoms with E-state index in [1.54, 1.807) is 0 Å². The van der Waals surface area contributed by atoms with Gasteiger partial charge in [0.25, 0.3) is 11.4 Å². The molecule has 0 aliphatic heterocycles. The Balaban J connectivity index is 0.000000365. The summed E-state index contributed by atoms with van der Waals surface area (Å²) in [6.45, 7) is 14.0. The molecule has 2 aromatic rings. The molecule has 0 spiro atoms. The largest absolute Gasteiger partial charge is 0.465 e. The van der Waals surface area contributed by atoms with Crippen molar-refractivity contribution in [3.63, 3.8) is 0 Å². The second kappa shape index (κ2) is 12.0. The molecule has 35 heavy (non-hydrogen) atoms. The summed E-state index contributed by atoms with van der Waals surface area (Å²) in [5.74, 6) is -18.3. The van der Waals surface area contributed by atoms with Gasteiger partial charge in [0.1, 0.15) is 0 Å². The Morgan fingerprint density at radius 3 is 1.54 bits per heavy atom. The summed E-state index contributed by atoms with van der Waals surface area (Å²) in [6.07, 6.45) is -0.802. The first-order valence-electron chi connectivity index (χ1n) is 8.83. The number of benzene rings is 2. The summed E-state index contributed by atoms with van der Waals surface area (Å²) in [5.41, 5.74) is -5.23. The first-order valence-corrected chi connectivity index (χ1v) is 8.83. The van der Waals surface area contributed by atoms with Gasteiger partial charge < -0.3 is 4.74 Å². The maximum absolute atomic E-state index is 13.6. The minimum absolute atomic E-state index is 0.189. The summed E-state index contributed by atoms with van der Waals surface area (Å²) in [6, 6.07) is 2.58. The molecule has 0 N–H and O–H groups in total. The van der Waals surface area contributed by atoms with Gasteiger partial charge in [-0.15, -0.1) is 0 Å². The van der Waals surface area contributed by atoms with E-state index in [9.17, 15) is 39.9 Å². The van der Waals surface area contributed by atoms with Crippen molar-refractivity contribution in [1.29, 1.82) is 10.5 Å². The third-order valence-electron chi connectivity index (χ3n) is 4.02. The molecule has 0 aliphatic carbocycles. The minimum atomic E-state index is -2.17. The molecule has 180 valence electrons. The van der Waals surface area contributed by atoms with Crippen LogP contribution in [-0.4, -0.2) is 12.6 Å². The maximum atomic E-state index is 13.6. The van der Waals surface area contributed by atoms with E-state index in [4.69, 9.17) is 23.7 Å². The Morgan fingerprint density at radius 2 is 1.23 bits per heavy atom. The molecule has 0 radical (unpaired) electrons. The molecule has 1 atom stereocenters. The normalized spacial score (nSPS) is 10.5.